The smallest absolute Gasteiger partial charge is 0.312 e. The van der Waals surface area contributed by atoms with Gasteiger partial charge in [-0.2, -0.15) is 0 Å². The average molecular weight is 631 g/mol. The van der Waals surface area contributed by atoms with E-state index in [0.717, 1.165) is 31.6 Å². The van der Waals surface area contributed by atoms with Gasteiger partial charge in [0.1, 0.15) is 17.8 Å². The predicted octanol–water partition coefficient (Wildman–Crippen LogP) is 7.80. The monoisotopic (exact) mass is 630 g/mol. The second-order valence-corrected chi connectivity index (χ2v) is 17.3. The van der Waals surface area contributed by atoms with Crippen molar-refractivity contribution >= 4 is 17.9 Å². The molecule has 7 nitrogen and oxygen atoms in total. The second-order valence-electron chi connectivity index (χ2n) is 17.3. The average Bonchev–Trinajstić information content (AvgIpc) is 3.83. The van der Waals surface area contributed by atoms with Crippen LogP contribution in [0.2, 0.25) is 0 Å². The van der Waals surface area contributed by atoms with Crippen molar-refractivity contribution in [3.05, 3.63) is 0 Å². The molecular formula is C38H62O7. The molecule has 0 heterocycles. The number of carbonyl (C=O) groups excluding carboxylic acids is 3. The number of ether oxygens (including phenoxy) is 3. The van der Waals surface area contributed by atoms with E-state index < -0.39 is 21.8 Å². The Morgan fingerprint density at radius 2 is 1.31 bits per heavy atom. The van der Waals surface area contributed by atoms with Crippen LogP contribution < -0.4 is 0 Å². The third-order valence-corrected chi connectivity index (χ3v) is 14.3. The summed E-state index contributed by atoms with van der Waals surface area (Å²) in [5.74, 6) is 3.05. The Morgan fingerprint density at radius 3 is 1.89 bits per heavy atom. The van der Waals surface area contributed by atoms with E-state index in [1.165, 1.54) is 32.1 Å². The molecule has 0 aromatic rings. The number of fused-ring (bicyclic) bond motifs is 7. The van der Waals surface area contributed by atoms with Gasteiger partial charge < -0.3 is 19.3 Å². The van der Waals surface area contributed by atoms with E-state index in [0.29, 0.717) is 68.1 Å². The quantitative estimate of drug-likeness (QED) is 0.146. The number of esters is 3. The molecule has 5 fully saturated rings. The van der Waals surface area contributed by atoms with E-state index in [2.05, 4.69) is 20.8 Å². The van der Waals surface area contributed by atoms with Gasteiger partial charge in [-0.25, -0.2) is 0 Å². The summed E-state index contributed by atoms with van der Waals surface area (Å²) in [5.41, 5.74) is -3.21. The lowest BCUT2D eigenvalue weighted by atomic mass is 9.70. The zero-order valence-electron chi connectivity index (χ0n) is 29.4. The fraction of sp³-hybridized carbons (Fsp3) is 0.921. The number of hydrogen-bond donors (Lipinski definition) is 1. The Bertz CT molecular complexity index is 1120. The van der Waals surface area contributed by atoms with Crippen LogP contribution in [0, 0.1) is 51.8 Å². The lowest BCUT2D eigenvalue weighted by Crippen LogP contribution is -2.46. The summed E-state index contributed by atoms with van der Waals surface area (Å²) in [6.07, 6.45) is 13.6. The van der Waals surface area contributed by atoms with Gasteiger partial charge in [-0.1, -0.05) is 20.3 Å². The summed E-state index contributed by atoms with van der Waals surface area (Å²) in [7, 11) is 0. The van der Waals surface area contributed by atoms with Crippen molar-refractivity contribution in [1.82, 2.24) is 0 Å². The normalized spacial score (nSPS) is 38.7. The molecule has 5 aliphatic carbocycles. The Labute approximate surface area is 272 Å². The van der Waals surface area contributed by atoms with Crippen LogP contribution in [0.1, 0.15) is 145 Å². The molecule has 11 unspecified atom stereocenters. The molecule has 0 spiro atoms. The van der Waals surface area contributed by atoms with Crippen LogP contribution in [0.3, 0.4) is 0 Å². The van der Waals surface area contributed by atoms with E-state index in [-0.39, 0.29) is 36.7 Å². The van der Waals surface area contributed by atoms with E-state index in [4.69, 9.17) is 14.2 Å². The first kappa shape index (κ1) is 34.7. The molecule has 0 aliphatic heterocycles. The van der Waals surface area contributed by atoms with Crippen LogP contribution in [0.5, 0.6) is 0 Å². The highest BCUT2D eigenvalue weighted by Gasteiger charge is 2.61. The summed E-state index contributed by atoms with van der Waals surface area (Å²) in [6, 6.07) is 0. The number of carbonyl (C=O) groups is 3. The van der Waals surface area contributed by atoms with Gasteiger partial charge in [0, 0.05) is 5.92 Å². The highest BCUT2D eigenvalue weighted by molar-refractivity contribution is 5.79. The van der Waals surface area contributed by atoms with Gasteiger partial charge in [-0.3, -0.25) is 14.4 Å². The third-order valence-electron chi connectivity index (χ3n) is 14.3. The third kappa shape index (κ3) is 6.46. The van der Waals surface area contributed by atoms with Crippen LogP contribution in [0.4, 0.5) is 0 Å². The summed E-state index contributed by atoms with van der Waals surface area (Å²) in [4.78, 5) is 41.3. The largest absolute Gasteiger partial charge is 0.463 e. The van der Waals surface area contributed by atoms with Gasteiger partial charge in [0.25, 0.3) is 0 Å². The van der Waals surface area contributed by atoms with Gasteiger partial charge in [-0.15, -0.1) is 0 Å². The Kier molecular flexibility index (Phi) is 9.84. The zero-order valence-corrected chi connectivity index (χ0v) is 29.4. The summed E-state index contributed by atoms with van der Waals surface area (Å²) in [5, 5.41) is 9.20. The topological polar surface area (TPSA) is 99.1 Å². The van der Waals surface area contributed by atoms with Crippen molar-refractivity contribution < 1.29 is 33.7 Å². The van der Waals surface area contributed by atoms with Gasteiger partial charge >= 0.3 is 17.9 Å². The lowest BCUT2D eigenvalue weighted by Gasteiger charge is -2.42. The van der Waals surface area contributed by atoms with Gasteiger partial charge in [0.2, 0.25) is 0 Å². The maximum Gasteiger partial charge on any atom is 0.312 e. The van der Waals surface area contributed by atoms with Gasteiger partial charge in [0.15, 0.2) is 0 Å². The van der Waals surface area contributed by atoms with Crippen LogP contribution >= 0.6 is 0 Å². The molecule has 5 saturated carbocycles. The Morgan fingerprint density at radius 1 is 0.733 bits per heavy atom. The number of hydrogen-bond acceptors (Lipinski definition) is 7. The first-order valence-corrected chi connectivity index (χ1v) is 18.4. The molecular weight excluding hydrogens is 568 g/mol. The van der Waals surface area contributed by atoms with Crippen molar-refractivity contribution in [1.29, 1.82) is 0 Å². The minimum atomic E-state index is -0.872. The molecule has 45 heavy (non-hydrogen) atoms. The predicted molar refractivity (Wildman–Crippen MR) is 173 cm³/mol. The lowest BCUT2D eigenvalue weighted by molar-refractivity contribution is -0.183. The van der Waals surface area contributed by atoms with Crippen molar-refractivity contribution in [2.24, 2.45) is 51.8 Å². The highest BCUT2D eigenvalue weighted by Crippen LogP contribution is 2.63. The van der Waals surface area contributed by atoms with Gasteiger partial charge in [-0.05, 0) is 154 Å². The Balaban J connectivity index is 1.30. The summed E-state index contributed by atoms with van der Waals surface area (Å²) < 4.78 is 18.4. The molecule has 256 valence electrons. The van der Waals surface area contributed by atoms with Crippen molar-refractivity contribution in [3.63, 3.8) is 0 Å². The van der Waals surface area contributed by atoms with Crippen molar-refractivity contribution in [2.45, 2.75) is 156 Å². The first-order valence-electron chi connectivity index (χ1n) is 18.4. The van der Waals surface area contributed by atoms with E-state index in [1.807, 2.05) is 27.7 Å². The van der Waals surface area contributed by atoms with Crippen LogP contribution in [0.25, 0.3) is 0 Å². The van der Waals surface area contributed by atoms with E-state index in [1.54, 1.807) is 0 Å². The minimum absolute atomic E-state index is 0.0342. The first-order chi connectivity index (χ1) is 21.1. The molecule has 0 aromatic carbocycles. The fourth-order valence-electron chi connectivity index (χ4n) is 10.4. The summed E-state index contributed by atoms with van der Waals surface area (Å²) in [6.45, 7) is 13.9. The number of aliphatic hydroxyl groups excluding tert-OH is 1. The van der Waals surface area contributed by atoms with Crippen LogP contribution in [0.15, 0.2) is 0 Å². The van der Waals surface area contributed by atoms with E-state index >= 15 is 0 Å². The zero-order chi connectivity index (χ0) is 32.8. The van der Waals surface area contributed by atoms with E-state index in [9.17, 15) is 19.5 Å². The number of rotatable bonds is 15. The standard InChI is InChI=1S/C38H62O7/c1-8-34(3,31(40)43-20-19-39)15-17-36(5,33(42)44-37(6)23-25-13-14-27(37)21-25)18-16-35(4,9-2)32(41)45-38(7)24-26-22-30(38)29-12-10-11-28(26)29/h25-30,39H,8-24H2,1-7H3. The number of aliphatic hydroxyl groups is 1. The summed E-state index contributed by atoms with van der Waals surface area (Å²) >= 11 is 0. The minimum Gasteiger partial charge on any atom is -0.463 e. The molecule has 11 atom stereocenters. The Hall–Kier alpha value is -1.63. The molecule has 0 aromatic heterocycles. The molecule has 1 N–H and O–H groups in total. The molecule has 5 aliphatic rings. The second kappa shape index (κ2) is 12.8. The molecule has 7 heteroatoms. The maximum absolute atomic E-state index is 14.3. The molecule has 0 radical (unpaired) electrons. The van der Waals surface area contributed by atoms with Crippen LogP contribution in [-0.4, -0.2) is 47.4 Å². The van der Waals surface area contributed by atoms with Crippen molar-refractivity contribution in [3.8, 4) is 0 Å². The SMILES string of the molecule is CCC(C)(CCC(C)(CCC(C)(CC)C(=O)OC1(C)CC2CC1C1CCCC21)C(=O)OC1(C)CC2CCC1C2)C(=O)OCCO. The molecule has 0 saturated heterocycles. The van der Waals surface area contributed by atoms with Gasteiger partial charge in [0.05, 0.1) is 22.9 Å². The highest BCUT2D eigenvalue weighted by atomic mass is 16.6. The van der Waals surface area contributed by atoms with Crippen molar-refractivity contribution in [2.75, 3.05) is 13.2 Å². The van der Waals surface area contributed by atoms with Crippen LogP contribution in [-0.2, 0) is 28.6 Å². The fourth-order valence-corrected chi connectivity index (χ4v) is 10.4. The maximum atomic E-state index is 14.3. The molecule has 0 amide bonds. The molecule has 4 bridgehead atoms. The molecule has 5 rings (SSSR count).